The zero-order chi connectivity index (χ0) is 21.4. The van der Waals surface area contributed by atoms with E-state index >= 15 is 0 Å². The predicted molar refractivity (Wildman–Crippen MR) is 122 cm³/mol. The number of hydrogen-bond donors (Lipinski definition) is 1. The second kappa shape index (κ2) is 7.92. The van der Waals surface area contributed by atoms with Crippen molar-refractivity contribution >= 4 is 33.5 Å². The normalized spacial score (nSPS) is 11.9. The third kappa shape index (κ3) is 3.36. The van der Waals surface area contributed by atoms with Gasteiger partial charge in [0.1, 0.15) is 11.5 Å². The van der Waals surface area contributed by atoms with E-state index in [4.69, 9.17) is 9.97 Å². The molecule has 5 aromatic rings. The molecule has 0 aliphatic rings. The summed E-state index contributed by atoms with van der Waals surface area (Å²) in [5, 5.41) is 15.5. The van der Waals surface area contributed by atoms with E-state index in [-0.39, 0.29) is 0 Å². The molecule has 0 saturated carbocycles. The number of nitrogens with zero attached hydrogens (tertiary/aromatic N) is 8. The highest BCUT2D eigenvalue weighted by Gasteiger charge is 2.18. The molecule has 0 amide bonds. The topological polar surface area (TPSA) is 91.1 Å². The fourth-order valence-electron chi connectivity index (χ4n) is 3.89. The van der Waals surface area contributed by atoms with Gasteiger partial charge in [-0.2, -0.15) is 0 Å². The molecule has 4 heterocycles. The summed E-state index contributed by atoms with van der Waals surface area (Å²) in [6, 6.07) is 14.4. The van der Waals surface area contributed by atoms with Crippen molar-refractivity contribution in [3.8, 4) is 11.4 Å². The SMILES string of the molecule is CCN(C)CCN(CC)c1ccc2cc(-c3nnn[nH]3)c3nc4ccccc4n3c2n1. The molecule has 9 heteroatoms. The number of tetrazole rings is 1. The van der Waals surface area contributed by atoms with Crippen LogP contribution in [0.2, 0.25) is 0 Å². The van der Waals surface area contributed by atoms with Gasteiger partial charge in [0.2, 0.25) is 0 Å². The zero-order valence-electron chi connectivity index (χ0n) is 17.9. The molecular formula is C22H25N9. The van der Waals surface area contributed by atoms with Crippen LogP contribution in [0.1, 0.15) is 13.8 Å². The maximum atomic E-state index is 5.09. The van der Waals surface area contributed by atoms with Crippen LogP contribution in [-0.4, -0.2) is 73.1 Å². The van der Waals surface area contributed by atoms with Crippen LogP contribution in [0.5, 0.6) is 0 Å². The van der Waals surface area contributed by atoms with Crippen molar-refractivity contribution in [3.05, 3.63) is 42.5 Å². The number of likely N-dealkylation sites (N-methyl/N-ethyl adjacent to an activating group) is 2. The van der Waals surface area contributed by atoms with Crippen LogP contribution in [0.25, 0.3) is 39.1 Å². The number of aromatic amines is 1. The smallest absolute Gasteiger partial charge is 0.183 e. The molecule has 0 atom stereocenters. The summed E-state index contributed by atoms with van der Waals surface area (Å²) < 4.78 is 2.11. The first kappa shape index (κ1) is 19.4. The van der Waals surface area contributed by atoms with Gasteiger partial charge >= 0.3 is 0 Å². The molecule has 9 nitrogen and oxygen atoms in total. The molecule has 5 rings (SSSR count). The fraction of sp³-hybridized carbons (Fsp3) is 0.318. The summed E-state index contributed by atoms with van der Waals surface area (Å²) in [6.45, 7) is 8.18. The molecule has 158 valence electrons. The molecule has 0 bridgehead atoms. The van der Waals surface area contributed by atoms with Crippen LogP contribution < -0.4 is 4.90 Å². The highest BCUT2D eigenvalue weighted by molar-refractivity contribution is 5.95. The van der Waals surface area contributed by atoms with E-state index in [1.165, 1.54) is 0 Å². The number of benzene rings is 1. The summed E-state index contributed by atoms with van der Waals surface area (Å²) in [5.74, 6) is 1.55. The Morgan fingerprint density at radius 3 is 2.61 bits per heavy atom. The van der Waals surface area contributed by atoms with Gasteiger partial charge in [-0.05, 0) is 61.3 Å². The van der Waals surface area contributed by atoms with Gasteiger partial charge < -0.3 is 9.80 Å². The third-order valence-corrected chi connectivity index (χ3v) is 5.80. The van der Waals surface area contributed by atoms with E-state index < -0.39 is 0 Å². The van der Waals surface area contributed by atoms with Crippen molar-refractivity contribution < 1.29 is 0 Å². The van der Waals surface area contributed by atoms with E-state index in [1.807, 2.05) is 18.2 Å². The van der Waals surface area contributed by atoms with Crippen LogP contribution >= 0.6 is 0 Å². The van der Waals surface area contributed by atoms with Crippen LogP contribution in [0.3, 0.4) is 0 Å². The lowest BCUT2D eigenvalue weighted by Gasteiger charge is -2.25. The predicted octanol–water partition coefficient (Wildman–Crippen LogP) is 2.99. The number of anilines is 1. The van der Waals surface area contributed by atoms with Gasteiger partial charge in [0.15, 0.2) is 11.5 Å². The Kier molecular flexibility index (Phi) is 4.95. The van der Waals surface area contributed by atoms with Crippen LogP contribution in [0.4, 0.5) is 5.82 Å². The Bertz CT molecular complexity index is 1340. The quantitative estimate of drug-likeness (QED) is 0.437. The second-order valence-corrected chi connectivity index (χ2v) is 7.63. The molecule has 0 spiro atoms. The number of imidazole rings is 1. The van der Waals surface area contributed by atoms with Gasteiger partial charge in [-0.1, -0.05) is 19.1 Å². The number of para-hydroxylation sites is 2. The number of nitrogens with one attached hydrogen (secondary N) is 1. The molecule has 0 radical (unpaired) electrons. The Balaban J connectivity index is 1.72. The first-order valence-electron chi connectivity index (χ1n) is 10.6. The molecule has 0 fully saturated rings. The number of hydrogen-bond acceptors (Lipinski definition) is 7. The summed E-state index contributed by atoms with van der Waals surface area (Å²) in [6.07, 6.45) is 0. The maximum absolute atomic E-state index is 5.09. The Hall–Kier alpha value is -3.59. The standard InChI is InChI=1S/C22H25N9/c1-4-29(3)12-13-30(5-2)19-11-10-15-14-16(20-25-27-28-26-20)22-23-17-8-6-7-9-18(17)31(22)21(15)24-19/h6-11,14H,4-5,12-13H2,1-3H3,(H,25,26,27,28). The molecule has 0 aliphatic carbocycles. The monoisotopic (exact) mass is 415 g/mol. The minimum atomic E-state index is 0.587. The highest BCUT2D eigenvalue weighted by atomic mass is 15.5. The average molecular weight is 416 g/mol. The minimum Gasteiger partial charge on any atom is -0.356 e. The lowest BCUT2D eigenvalue weighted by atomic mass is 10.2. The highest BCUT2D eigenvalue weighted by Crippen LogP contribution is 2.30. The van der Waals surface area contributed by atoms with E-state index in [9.17, 15) is 0 Å². The first-order chi connectivity index (χ1) is 15.2. The van der Waals surface area contributed by atoms with Crippen molar-refractivity contribution in [2.45, 2.75) is 13.8 Å². The van der Waals surface area contributed by atoms with Crippen molar-refractivity contribution in [1.29, 1.82) is 0 Å². The number of aromatic nitrogens is 7. The average Bonchev–Trinajstić information content (AvgIpc) is 3.47. The van der Waals surface area contributed by atoms with Crippen molar-refractivity contribution in [1.82, 2.24) is 39.9 Å². The Labute approximate surface area is 179 Å². The number of H-pyrrole nitrogens is 1. The molecule has 4 aromatic heterocycles. The van der Waals surface area contributed by atoms with Crippen LogP contribution in [-0.2, 0) is 0 Å². The summed E-state index contributed by atoms with van der Waals surface area (Å²) >= 11 is 0. The number of pyridine rings is 2. The van der Waals surface area contributed by atoms with Gasteiger partial charge in [-0.3, -0.25) is 4.40 Å². The van der Waals surface area contributed by atoms with Gasteiger partial charge in [-0.25, -0.2) is 15.1 Å². The molecule has 31 heavy (non-hydrogen) atoms. The van der Waals surface area contributed by atoms with Gasteiger partial charge in [0, 0.05) is 25.0 Å². The minimum absolute atomic E-state index is 0.587. The first-order valence-corrected chi connectivity index (χ1v) is 10.6. The lowest BCUT2D eigenvalue weighted by Crippen LogP contribution is -2.33. The summed E-state index contributed by atoms with van der Waals surface area (Å²) in [7, 11) is 2.14. The van der Waals surface area contributed by atoms with Gasteiger partial charge in [0.25, 0.3) is 0 Å². The Morgan fingerprint density at radius 1 is 0.968 bits per heavy atom. The van der Waals surface area contributed by atoms with Gasteiger partial charge in [-0.15, -0.1) is 5.10 Å². The third-order valence-electron chi connectivity index (χ3n) is 5.80. The van der Waals surface area contributed by atoms with E-state index in [1.54, 1.807) is 0 Å². The van der Waals surface area contributed by atoms with Crippen LogP contribution in [0.15, 0.2) is 42.5 Å². The summed E-state index contributed by atoms with van der Waals surface area (Å²) in [5.41, 5.74) is 4.42. The van der Waals surface area contributed by atoms with Gasteiger partial charge in [0.05, 0.1) is 16.6 Å². The Morgan fingerprint density at radius 2 is 1.84 bits per heavy atom. The van der Waals surface area contributed by atoms with Crippen LogP contribution in [0, 0.1) is 0 Å². The van der Waals surface area contributed by atoms with Crippen molar-refractivity contribution in [3.63, 3.8) is 0 Å². The van der Waals surface area contributed by atoms with Crippen molar-refractivity contribution in [2.24, 2.45) is 0 Å². The number of rotatable bonds is 7. The molecule has 0 unspecified atom stereocenters. The van der Waals surface area contributed by atoms with E-state index in [0.717, 1.165) is 65.3 Å². The van der Waals surface area contributed by atoms with E-state index in [2.05, 4.69) is 80.0 Å². The molecule has 0 aliphatic heterocycles. The molecular weight excluding hydrogens is 390 g/mol. The van der Waals surface area contributed by atoms with Crippen molar-refractivity contribution in [2.75, 3.05) is 38.1 Å². The lowest BCUT2D eigenvalue weighted by molar-refractivity contribution is 0.358. The molecule has 0 saturated heterocycles. The molecule has 1 N–H and O–H groups in total. The maximum Gasteiger partial charge on any atom is 0.183 e. The zero-order valence-corrected chi connectivity index (χ0v) is 17.9. The van der Waals surface area contributed by atoms with E-state index in [0.29, 0.717) is 5.82 Å². The largest absolute Gasteiger partial charge is 0.356 e. The fourth-order valence-corrected chi connectivity index (χ4v) is 3.89. The number of fused-ring (bicyclic) bond motifs is 5. The second-order valence-electron chi connectivity index (χ2n) is 7.63. The summed E-state index contributed by atoms with van der Waals surface area (Å²) in [4.78, 5) is 14.6. The molecule has 1 aromatic carbocycles.